The molecule has 1 aliphatic rings. The minimum atomic E-state index is -0.809. The van der Waals surface area contributed by atoms with Gasteiger partial charge in [0.15, 0.2) is 0 Å². The molecule has 0 saturated carbocycles. The van der Waals surface area contributed by atoms with E-state index in [1.807, 2.05) is 17.8 Å². The van der Waals surface area contributed by atoms with Crippen molar-refractivity contribution < 1.29 is 14.8 Å². The zero-order chi connectivity index (χ0) is 24.0. The molecule has 1 saturated heterocycles. The van der Waals surface area contributed by atoms with Gasteiger partial charge in [-0.05, 0) is 38.5 Å². The smallest absolute Gasteiger partial charge is 0.270 e. The molecule has 9 nitrogen and oxygen atoms in total. The fourth-order valence-corrected chi connectivity index (χ4v) is 4.26. The van der Waals surface area contributed by atoms with E-state index in [1.54, 1.807) is 26.1 Å². The number of rotatable bonds is 8. The third-order valence-corrected chi connectivity index (χ3v) is 6.15. The summed E-state index contributed by atoms with van der Waals surface area (Å²) < 4.78 is 0. The molecule has 0 atom stereocenters. The summed E-state index contributed by atoms with van der Waals surface area (Å²) in [6, 6.07) is 9.23. The van der Waals surface area contributed by atoms with Crippen LogP contribution in [-0.4, -0.2) is 58.9 Å². The number of anilines is 3. The van der Waals surface area contributed by atoms with E-state index in [4.69, 9.17) is 5.73 Å². The Kier molecular flexibility index (Phi) is 7.93. The number of carbonyl (C=O) groups is 1. The molecule has 0 unspecified atom stereocenters. The number of carbonyl (C=O) groups excluding carboxylic acids is 1. The van der Waals surface area contributed by atoms with E-state index in [2.05, 4.69) is 15.2 Å². The number of nitrogens with one attached hydrogen (secondary N) is 1. The van der Waals surface area contributed by atoms with Crippen LogP contribution in [0.3, 0.4) is 0 Å². The number of hydrogen-bond acceptors (Lipinski definition) is 8. The highest BCUT2D eigenvalue weighted by atomic mass is 32.2. The lowest BCUT2D eigenvalue weighted by Gasteiger charge is -2.31. The van der Waals surface area contributed by atoms with Crippen molar-refractivity contribution in [1.29, 1.82) is 0 Å². The summed E-state index contributed by atoms with van der Waals surface area (Å²) in [5.41, 5.74) is 8.09. The number of nitrogen functional groups attached to an aromatic ring is 1. The van der Waals surface area contributed by atoms with E-state index < -0.39 is 16.4 Å². The van der Waals surface area contributed by atoms with Crippen molar-refractivity contribution in [3.05, 3.63) is 57.6 Å². The second-order valence-electron chi connectivity index (χ2n) is 8.46. The van der Waals surface area contributed by atoms with Crippen LogP contribution in [0.25, 0.3) is 0 Å². The maximum absolute atomic E-state index is 12.9. The molecule has 0 aromatic heterocycles. The number of nitro groups is 1. The third-order valence-electron chi connectivity index (χ3n) is 5.20. The van der Waals surface area contributed by atoms with E-state index in [9.17, 15) is 20.0 Å². The highest BCUT2D eigenvalue weighted by Gasteiger charge is 2.20. The van der Waals surface area contributed by atoms with Crippen molar-refractivity contribution in [3.63, 3.8) is 0 Å². The molecule has 2 aromatic rings. The van der Waals surface area contributed by atoms with Gasteiger partial charge in [-0.25, -0.2) is 0 Å². The molecule has 1 heterocycles. The SMILES string of the molecule is CC(C)(O)CCN=Cc1cc(NC(=O)c2cccc([N+](=O)[O-])c2)c(N2CCSCC2)cc1N. The minimum absolute atomic E-state index is 0.145. The first-order valence-electron chi connectivity index (χ1n) is 10.7. The predicted octanol–water partition coefficient (Wildman–Crippen LogP) is 3.56. The summed E-state index contributed by atoms with van der Waals surface area (Å²) >= 11 is 1.87. The van der Waals surface area contributed by atoms with Gasteiger partial charge in [-0.15, -0.1) is 0 Å². The van der Waals surface area contributed by atoms with Gasteiger partial charge >= 0.3 is 0 Å². The number of nitrogens with two attached hydrogens (primary N) is 1. The zero-order valence-corrected chi connectivity index (χ0v) is 19.6. The summed E-state index contributed by atoms with van der Waals surface area (Å²) in [4.78, 5) is 30.0. The minimum Gasteiger partial charge on any atom is -0.398 e. The van der Waals surface area contributed by atoms with Gasteiger partial charge < -0.3 is 21.1 Å². The highest BCUT2D eigenvalue weighted by Crippen LogP contribution is 2.33. The second-order valence-corrected chi connectivity index (χ2v) is 9.68. The van der Waals surface area contributed by atoms with E-state index in [-0.39, 0.29) is 11.3 Å². The Bertz CT molecular complexity index is 1050. The number of thioether (sulfide) groups is 1. The number of benzene rings is 2. The first-order chi connectivity index (χ1) is 15.6. The van der Waals surface area contributed by atoms with Gasteiger partial charge in [-0.2, -0.15) is 11.8 Å². The lowest BCUT2D eigenvalue weighted by molar-refractivity contribution is -0.384. The van der Waals surface area contributed by atoms with Crippen molar-refractivity contribution in [2.45, 2.75) is 25.9 Å². The molecule has 176 valence electrons. The maximum atomic E-state index is 12.9. The lowest BCUT2D eigenvalue weighted by Crippen LogP contribution is -2.33. The number of aliphatic imine (C=N–C) groups is 1. The molecule has 4 N–H and O–H groups in total. The molecule has 0 radical (unpaired) electrons. The van der Waals surface area contributed by atoms with Gasteiger partial charge in [0, 0.05) is 66.3 Å². The molecule has 33 heavy (non-hydrogen) atoms. The number of nitro benzene ring substituents is 1. The molecule has 10 heteroatoms. The van der Waals surface area contributed by atoms with Crippen LogP contribution in [0.15, 0.2) is 41.4 Å². The van der Waals surface area contributed by atoms with Gasteiger partial charge in [-0.3, -0.25) is 19.9 Å². The average molecular weight is 472 g/mol. The standard InChI is InChI=1S/C23H29N5O4S/c1-23(2,30)6-7-25-15-17-13-20(21(14-19(17)24)27-8-10-33-11-9-27)26-22(29)16-4-3-5-18(12-16)28(31)32/h3-5,12-15,30H,6-11,24H2,1-2H3,(H,26,29). The topological polar surface area (TPSA) is 134 Å². The fraction of sp³-hybridized carbons (Fsp3) is 0.391. The molecule has 2 aromatic carbocycles. The normalized spacial score (nSPS) is 14.5. The number of amides is 1. The van der Waals surface area contributed by atoms with Crippen molar-refractivity contribution in [2.24, 2.45) is 4.99 Å². The largest absolute Gasteiger partial charge is 0.398 e. The van der Waals surface area contributed by atoms with Crippen LogP contribution in [0.1, 0.15) is 36.2 Å². The van der Waals surface area contributed by atoms with Crippen LogP contribution in [0, 0.1) is 10.1 Å². The highest BCUT2D eigenvalue weighted by molar-refractivity contribution is 7.99. The summed E-state index contributed by atoms with van der Waals surface area (Å²) in [6.07, 6.45) is 2.14. The van der Waals surface area contributed by atoms with Crippen molar-refractivity contribution in [2.75, 3.05) is 47.1 Å². The molecular formula is C23H29N5O4S. The molecule has 0 aliphatic carbocycles. The summed E-state index contributed by atoms with van der Waals surface area (Å²) in [7, 11) is 0. The summed E-state index contributed by atoms with van der Waals surface area (Å²) in [5.74, 6) is 1.50. The first kappa shape index (κ1) is 24.5. The Balaban J connectivity index is 1.90. The Morgan fingerprint density at radius 3 is 2.73 bits per heavy atom. The second kappa shape index (κ2) is 10.7. The first-order valence-corrected chi connectivity index (χ1v) is 11.8. The van der Waals surface area contributed by atoms with E-state index in [0.717, 1.165) is 30.3 Å². The maximum Gasteiger partial charge on any atom is 0.270 e. The van der Waals surface area contributed by atoms with Crippen LogP contribution in [0.2, 0.25) is 0 Å². The quantitative estimate of drug-likeness (QED) is 0.232. The fourth-order valence-electron chi connectivity index (χ4n) is 3.36. The zero-order valence-electron chi connectivity index (χ0n) is 18.8. The Labute approximate surface area is 197 Å². The van der Waals surface area contributed by atoms with Gasteiger partial charge in [0.25, 0.3) is 11.6 Å². The third kappa shape index (κ3) is 6.93. The lowest BCUT2D eigenvalue weighted by atomic mass is 10.1. The number of hydrogen-bond donors (Lipinski definition) is 3. The Hall–Kier alpha value is -3.11. The summed E-state index contributed by atoms with van der Waals surface area (Å²) in [5, 5.41) is 23.9. The molecule has 0 spiro atoms. The van der Waals surface area contributed by atoms with Crippen LogP contribution in [0.4, 0.5) is 22.7 Å². The molecule has 0 bridgehead atoms. The van der Waals surface area contributed by atoms with Crippen molar-refractivity contribution in [3.8, 4) is 0 Å². The monoisotopic (exact) mass is 471 g/mol. The average Bonchev–Trinajstić information content (AvgIpc) is 2.78. The van der Waals surface area contributed by atoms with Gasteiger partial charge in [0.1, 0.15) is 0 Å². The molecule has 1 aliphatic heterocycles. The molecule has 1 fully saturated rings. The molecule has 1 amide bonds. The van der Waals surface area contributed by atoms with Crippen LogP contribution < -0.4 is 16.0 Å². The van der Waals surface area contributed by atoms with Crippen molar-refractivity contribution in [1.82, 2.24) is 0 Å². The number of aliphatic hydroxyl groups is 1. The van der Waals surface area contributed by atoms with Crippen LogP contribution in [0.5, 0.6) is 0 Å². The Morgan fingerprint density at radius 1 is 1.33 bits per heavy atom. The van der Waals surface area contributed by atoms with Gasteiger partial charge in [0.2, 0.25) is 0 Å². The number of nitrogens with zero attached hydrogens (tertiary/aromatic N) is 3. The summed E-state index contributed by atoms with van der Waals surface area (Å²) in [6.45, 7) is 5.53. The molecular weight excluding hydrogens is 442 g/mol. The van der Waals surface area contributed by atoms with Crippen molar-refractivity contribution >= 4 is 46.6 Å². The van der Waals surface area contributed by atoms with E-state index >= 15 is 0 Å². The molecule has 3 rings (SSSR count). The number of non-ortho nitro benzene ring substituents is 1. The Morgan fingerprint density at radius 2 is 2.06 bits per heavy atom. The van der Waals surface area contributed by atoms with Crippen LogP contribution in [-0.2, 0) is 0 Å². The van der Waals surface area contributed by atoms with Crippen LogP contribution >= 0.6 is 11.8 Å². The van der Waals surface area contributed by atoms with E-state index in [1.165, 1.54) is 24.3 Å². The van der Waals surface area contributed by atoms with Gasteiger partial charge in [0.05, 0.1) is 21.9 Å². The predicted molar refractivity (Wildman–Crippen MR) is 135 cm³/mol. The van der Waals surface area contributed by atoms with Gasteiger partial charge in [-0.1, -0.05) is 6.07 Å². The van der Waals surface area contributed by atoms with E-state index in [0.29, 0.717) is 29.9 Å².